The van der Waals surface area contributed by atoms with Crippen molar-refractivity contribution in [2.75, 3.05) is 0 Å². The van der Waals surface area contributed by atoms with Crippen LogP contribution in [0.25, 0.3) is 14.4 Å². The quantitative estimate of drug-likeness (QED) is 0.315. The predicted octanol–water partition coefficient (Wildman–Crippen LogP) is 2.18. The van der Waals surface area contributed by atoms with Gasteiger partial charge < -0.3 is 24.8 Å². The van der Waals surface area contributed by atoms with Crippen LogP contribution >= 0.6 is 0 Å². The second kappa shape index (κ2) is 12.3. The van der Waals surface area contributed by atoms with Crippen molar-refractivity contribution in [2.24, 2.45) is 0 Å². The Morgan fingerprint density at radius 2 is 1.24 bits per heavy atom. The first kappa shape index (κ1) is 32.5. The molecule has 2 aliphatic carbocycles. The molecule has 6 rings (SSSR count). The van der Waals surface area contributed by atoms with Crippen molar-refractivity contribution in [1.82, 2.24) is 0 Å². The van der Waals surface area contributed by atoms with Crippen molar-refractivity contribution in [3.05, 3.63) is 157 Å². The van der Waals surface area contributed by atoms with Crippen LogP contribution in [-0.2, 0) is 35.5 Å². The van der Waals surface area contributed by atoms with Gasteiger partial charge in [0.2, 0.25) is 0 Å². The van der Waals surface area contributed by atoms with E-state index in [1.165, 1.54) is 93.4 Å². The van der Waals surface area contributed by atoms with Gasteiger partial charge in [-0.25, -0.2) is 0 Å². The van der Waals surface area contributed by atoms with Crippen molar-refractivity contribution in [1.29, 1.82) is 0 Å². The standard InChI is InChI=1S/C39H37.2ClH.Zr/c1-38(2,3)30-22-21-29-23-33-32(31(29)24-30)25-34(39(4,5)6)37(36(33)28-19-13-14-20-28)35(26-15-9-7-10-16-26)27-17-11-8-12-18-27;;;/h7-19,21-22,24-25H,20H2,1-6H3;2*1H;/q;;;+2/p-2. The number of allylic oxidation sites excluding steroid dienone is 4. The van der Waals surface area contributed by atoms with Crippen LogP contribution in [-0.4, -0.2) is 0 Å². The van der Waals surface area contributed by atoms with E-state index in [4.69, 9.17) is 0 Å². The van der Waals surface area contributed by atoms with E-state index in [2.05, 4.69) is 145 Å². The molecular weight excluding hydrogens is 631 g/mol. The summed E-state index contributed by atoms with van der Waals surface area (Å²) in [5.74, 6) is 0. The van der Waals surface area contributed by atoms with Gasteiger partial charge in [-0.3, -0.25) is 0 Å². The van der Waals surface area contributed by atoms with Crippen LogP contribution in [0.4, 0.5) is 0 Å². The third kappa shape index (κ3) is 5.74. The summed E-state index contributed by atoms with van der Waals surface area (Å²) in [6, 6.07) is 31.8. The number of halogens is 2. The molecule has 0 fully saturated rings. The maximum absolute atomic E-state index is 2.55. The molecule has 4 aromatic carbocycles. The molecule has 3 heteroatoms. The third-order valence-corrected chi connectivity index (χ3v) is 9.57. The molecule has 0 bridgehead atoms. The molecule has 0 spiro atoms. The summed E-state index contributed by atoms with van der Waals surface area (Å²) in [6.45, 7) is 14.1. The van der Waals surface area contributed by atoms with Crippen molar-refractivity contribution >= 4 is 14.4 Å². The Labute approximate surface area is 278 Å². The van der Waals surface area contributed by atoms with Crippen molar-refractivity contribution in [3.8, 4) is 0 Å². The van der Waals surface area contributed by atoms with Gasteiger partial charge in [0.05, 0.1) is 0 Å². The molecule has 0 aromatic heterocycles. The molecule has 0 heterocycles. The smallest absolute Gasteiger partial charge is 1.00 e. The molecule has 2 aliphatic rings. The third-order valence-electron chi connectivity index (χ3n) is 8.30. The first-order valence-corrected chi connectivity index (χ1v) is 15.6. The zero-order chi connectivity index (χ0) is 28.2. The molecule has 0 unspecified atom stereocenters. The van der Waals surface area contributed by atoms with Crippen LogP contribution in [0.1, 0.15) is 81.3 Å². The summed E-state index contributed by atoms with van der Waals surface area (Å²) in [5.41, 5.74) is 11.0. The van der Waals surface area contributed by atoms with Crippen molar-refractivity contribution in [3.63, 3.8) is 0 Å². The Morgan fingerprint density at radius 3 is 1.74 bits per heavy atom. The molecule has 0 saturated carbocycles. The minimum atomic E-state index is -0.0494. The Morgan fingerprint density at radius 1 is 0.643 bits per heavy atom. The van der Waals surface area contributed by atoms with Crippen LogP contribution < -0.4 is 35.3 Å². The van der Waals surface area contributed by atoms with Gasteiger partial charge in [0.15, 0.2) is 0 Å². The van der Waals surface area contributed by atoms with Crippen LogP contribution in [0.5, 0.6) is 0 Å². The molecule has 0 radical (unpaired) electrons. The normalized spacial score (nSPS) is 13.6. The first-order valence-electron chi connectivity index (χ1n) is 14.4. The van der Waals surface area contributed by atoms with E-state index in [0.717, 1.165) is 6.42 Å². The van der Waals surface area contributed by atoms with E-state index < -0.39 is 0 Å². The fourth-order valence-corrected chi connectivity index (χ4v) is 7.39. The summed E-state index contributed by atoms with van der Waals surface area (Å²) in [6.07, 6.45) is 7.87. The molecular formula is C39H37Cl2Zr. The number of benzene rings is 4. The first-order chi connectivity index (χ1) is 19.1. The molecule has 0 amide bonds. The average molecular weight is 668 g/mol. The second-order valence-electron chi connectivity index (χ2n) is 13.2. The van der Waals surface area contributed by atoms with Crippen molar-refractivity contribution in [2.45, 2.75) is 58.8 Å². The molecule has 42 heavy (non-hydrogen) atoms. The predicted molar refractivity (Wildman–Crippen MR) is 166 cm³/mol. The number of rotatable bonds is 3. The van der Waals surface area contributed by atoms with Gasteiger partial charge in [-0.2, -0.15) is 0 Å². The Kier molecular flexibility index (Phi) is 9.50. The zero-order valence-corrected chi connectivity index (χ0v) is 29.2. The number of hydrogen-bond donors (Lipinski definition) is 0. The second-order valence-corrected chi connectivity index (χ2v) is 14.4. The van der Waals surface area contributed by atoms with Crippen LogP contribution in [0.3, 0.4) is 0 Å². The minimum absolute atomic E-state index is 0. The maximum Gasteiger partial charge on any atom is -1.00 e. The van der Waals surface area contributed by atoms with Crippen LogP contribution in [0, 0.1) is 10.4 Å². The van der Waals surface area contributed by atoms with E-state index in [1.54, 1.807) is 0 Å². The SMILES string of the molecule is CC(C)(C)c1ccc2c(c1)=c1cc(C(C)(C)C)c(=C(c3ccccc3)c3ccccc3)c(C3=CC=CC3)c1[C]=2[Zr+2].[Cl-].[Cl-]. The largest absolute Gasteiger partial charge is 1.00 e. The Bertz CT molecular complexity index is 1880. The van der Waals surface area contributed by atoms with Crippen LogP contribution in [0.15, 0.2) is 103 Å². The molecule has 4 aromatic rings. The van der Waals surface area contributed by atoms with Crippen molar-refractivity contribution < 1.29 is 49.5 Å². The number of hydrogen-bond acceptors (Lipinski definition) is 0. The van der Waals surface area contributed by atoms with Gasteiger partial charge in [-0.15, -0.1) is 0 Å². The van der Waals surface area contributed by atoms with Gasteiger partial charge in [0.1, 0.15) is 0 Å². The monoisotopic (exact) mass is 665 g/mol. The van der Waals surface area contributed by atoms with Crippen LogP contribution in [0.2, 0.25) is 0 Å². The Hall–Kier alpha value is -2.44. The van der Waals surface area contributed by atoms with Gasteiger partial charge in [-0.1, -0.05) is 0 Å². The van der Waals surface area contributed by atoms with E-state index in [-0.39, 0.29) is 35.6 Å². The summed E-state index contributed by atoms with van der Waals surface area (Å²) >= 11 is 1.47. The molecule has 0 nitrogen and oxygen atoms in total. The molecule has 211 valence electrons. The minimum Gasteiger partial charge on any atom is -1.00 e. The summed E-state index contributed by atoms with van der Waals surface area (Å²) in [5, 5.41) is 5.61. The maximum atomic E-state index is 2.55. The summed E-state index contributed by atoms with van der Waals surface area (Å²) < 4.78 is 1.47. The van der Waals surface area contributed by atoms with Gasteiger partial charge in [0, 0.05) is 0 Å². The molecule has 0 saturated heterocycles. The molecule has 0 atom stereocenters. The van der Waals surface area contributed by atoms with E-state index in [0.29, 0.717) is 0 Å². The van der Waals surface area contributed by atoms with E-state index in [1.807, 2.05) is 0 Å². The molecule has 0 N–H and O–H groups in total. The zero-order valence-electron chi connectivity index (χ0n) is 25.3. The summed E-state index contributed by atoms with van der Waals surface area (Å²) in [7, 11) is 0. The summed E-state index contributed by atoms with van der Waals surface area (Å²) in [4.78, 5) is 0. The number of fused-ring (bicyclic) bond motifs is 2. The average Bonchev–Trinajstić information content (AvgIpc) is 3.56. The van der Waals surface area contributed by atoms with Gasteiger partial charge >= 0.3 is 255 Å². The molecule has 0 aliphatic heterocycles. The Balaban J connectivity index is 0.00000202. The van der Waals surface area contributed by atoms with Gasteiger partial charge in [-0.05, 0) is 0 Å². The fourth-order valence-electron chi connectivity index (χ4n) is 6.21. The van der Waals surface area contributed by atoms with E-state index in [9.17, 15) is 0 Å². The van der Waals surface area contributed by atoms with Gasteiger partial charge in [0.25, 0.3) is 0 Å². The topological polar surface area (TPSA) is 0 Å². The van der Waals surface area contributed by atoms with E-state index >= 15 is 0 Å². The fraction of sp³-hybridized carbons (Fsp3) is 0.231.